The molecule has 0 amide bonds. The quantitative estimate of drug-likeness (QED) is 0.934. The van der Waals surface area contributed by atoms with Crippen LogP contribution in [0.1, 0.15) is 38.1 Å². The van der Waals surface area contributed by atoms with Gasteiger partial charge in [0.05, 0.1) is 11.1 Å². The lowest BCUT2D eigenvalue weighted by atomic mass is 9.98. The van der Waals surface area contributed by atoms with Gasteiger partial charge in [-0.3, -0.25) is 0 Å². The third-order valence-corrected chi connectivity index (χ3v) is 3.13. The molecule has 0 saturated heterocycles. The Labute approximate surface area is 120 Å². The van der Waals surface area contributed by atoms with Crippen LogP contribution < -0.4 is 5.73 Å². The van der Waals surface area contributed by atoms with Crippen LogP contribution in [0.5, 0.6) is 0 Å². The van der Waals surface area contributed by atoms with Gasteiger partial charge in [-0.25, -0.2) is 0 Å². The van der Waals surface area contributed by atoms with Gasteiger partial charge in [-0.05, 0) is 25.5 Å². The smallest absolute Gasteiger partial charge is 0.337 e. The fraction of sp³-hybridized carbons (Fsp3) is 0.429. The van der Waals surface area contributed by atoms with Crippen LogP contribution in [-0.4, -0.2) is 10.1 Å². The van der Waals surface area contributed by atoms with Crippen LogP contribution in [-0.2, 0) is 11.7 Å². The largest absolute Gasteiger partial charge is 0.416 e. The third kappa shape index (κ3) is 3.41. The van der Waals surface area contributed by atoms with E-state index >= 15 is 0 Å². The van der Waals surface area contributed by atoms with E-state index in [1.165, 1.54) is 12.1 Å². The highest BCUT2D eigenvalue weighted by Gasteiger charge is 2.31. The molecule has 1 atom stereocenters. The van der Waals surface area contributed by atoms with Crippen LogP contribution >= 0.6 is 0 Å². The molecule has 0 spiro atoms. The molecule has 0 radical (unpaired) electrons. The first-order valence-corrected chi connectivity index (χ1v) is 6.55. The fourth-order valence-corrected chi connectivity index (χ4v) is 2.03. The minimum atomic E-state index is -4.41. The van der Waals surface area contributed by atoms with Crippen LogP contribution in [0.3, 0.4) is 0 Å². The van der Waals surface area contributed by atoms with E-state index in [1.54, 1.807) is 6.92 Å². The van der Waals surface area contributed by atoms with E-state index in [1.807, 2.05) is 6.92 Å². The summed E-state index contributed by atoms with van der Waals surface area (Å²) in [5.74, 6) is 0.320. The number of hydrogen-bond donors (Lipinski definition) is 1. The minimum absolute atomic E-state index is 0.101. The van der Waals surface area contributed by atoms with Crippen LogP contribution in [0.4, 0.5) is 13.2 Å². The molecular weight excluding hydrogens is 283 g/mol. The molecule has 21 heavy (non-hydrogen) atoms. The number of hydrogen-bond acceptors (Lipinski definition) is 4. The summed E-state index contributed by atoms with van der Waals surface area (Å²) in [5.41, 5.74) is 4.76. The van der Waals surface area contributed by atoms with Crippen molar-refractivity contribution in [2.75, 3.05) is 0 Å². The molecule has 114 valence electrons. The first kappa shape index (κ1) is 15.5. The zero-order chi connectivity index (χ0) is 15.7. The summed E-state index contributed by atoms with van der Waals surface area (Å²) in [6.07, 6.45) is -2.95. The molecule has 1 aromatic carbocycles. The molecule has 7 heteroatoms. The number of alkyl halides is 3. The minimum Gasteiger partial charge on any atom is -0.337 e. The van der Waals surface area contributed by atoms with Crippen molar-refractivity contribution >= 4 is 0 Å². The highest BCUT2D eigenvalue weighted by atomic mass is 19.4. The molecule has 0 fully saturated rings. The molecular formula is C14H16F3N3O. The second kappa shape index (κ2) is 5.48. The van der Waals surface area contributed by atoms with Crippen molar-refractivity contribution in [2.45, 2.75) is 38.4 Å². The van der Waals surface area contributed by atoms with E-state index in [9.17, 15) is 13.2 Å². The van der Waals surface area contributed by atoms with E-state index in [2.05, 4.69) is 10.1 Å². The van der Waals surface area contributed by atoms with Gasteiger partial charge in [-0.15, -0.1) is 0 Å². The van der Waals surface area contributed by atoms with E-state index in [-0.39, 0.29) is 17.3 Å². The standard InChI is InChI=1S/C14H16F3N3O/c1-3-7-13(2,18)12-19-11(20-21-12)9-5-4-6-10(8-9)14(15,16)17/h4-6,8H,3,7,18H2,1-2H3. The van der Waals surface area contributed by atoms with Crippen molar-refractivity contribution in [3.8, 4) is 11.4 Å². The molecule has 0 bridgehead atoms. The average Bonchev–Trinajstić information content (AvgIpc) is 2.88. The number of halogens is 3. The van der Waals surface area contributed by atoms with Crippen molar-refractivity contribution < 1.29 is 17.7 Å². The second-order valence-electron chi connectivity index (χ2n) is 5.17. The molecule has 2 N–H and O–H groups in total. The molecule has 2 aromatic rings. The van der Waals surface area contributed by atoms with Crippen LogP contribution in [0.2, 0.25) is 0 Å². The third-order valence-electron chi connectivity index (χ3n) is 3.13. The number of nitrogens with two attached hydrogens (primary N) is 1. The second-order valence-corrected chi connectivity index (χ2v) is 5.17. The monoisotopic (exact) mass is 299 g/mol. The lowest BCUT2D eigenvalue weighted by Gasteiger charge is -2.18. The first-order valence-electron chi connectivity index (χ1n) is 6.55. The van der Waals surface area contributed by atoms with E-state index < -0.39 is 17.3 Å². The lowest BCUT2D eigenvalue weighted by Crippen LogP contribution is -2.33. The summed E-state index contributed by atoms with van der Waals surface area (Å²) in [6.45, 7) is 3.72. The molecule has 0 aliphatic carbocycles. The predicted molar refractivity (Wildman–Crippen MR) is 71.2 cm³/mol. The lowest BCUT2D eigenvalue weighted by molar-refractivity contribution is -0.137. The summed E-state index contributed by atoms with van der Waals surface area (Å²) in [7, 11) is 0. The van der Waals surface area contributed by atoms with Gasteiger partial charge < -0.3 is 10.3 Å². The Balaban J connectivity index is 2.34. The fourth-order valence-electron chi connectivity index (χ4n) is 2.03. The number of rotatable bonds is 4. The molecule has 0 saturated carbocycles. The van der Waals surface area contributed by atoms with Gasteiger partial charge in [0.1, 0.15) is 0 Å². The van der Waals surface area contributed by atoms with Crippen LogP contribution in [0.25, 0.3) is 11.4 Å². The maximum atomic E-state index is 12.7. The Hall–Kier alpha value is -1.89. The molecule has 4 nitrogen and oxygen atoms in total. The summed E-state index contributed by atoms with van der Waals surface area (Å²) >= 11 is 0. The zero-order valence-corrected chi connectivity index (χ0v) is 11.7. The van der Waals surface area contributed by atoms with Crippen molar-refractivity contribution in [1.82, 2.24) is 10.1 Å². The topological polar surface area (TPSA) is 64.9 Å². The molecule has 1 heterocycles. The molecule has 1 unspecified atom stereocenters. The van der Waals surface area contributed by atoms with Gasteiger partial charge in [-0.2, -0.15) is 18.2 Å². The Kier molecular flexibility index (Phi) is 4.04. The normalized spacial score (nSPS) is 15.0. The molecule has 1 aromatic heterocycles. The molecule has 0 aliphatic heterocycles. The SMILES string of the molecule is CCCC(C)(N)c1nc(-c2cccc(C(F)(F)F)c2)no1. The number of aromatic nitrogens is 2. The molecule has 0 aliphatic rings. The zero-order valence-electron chi connectivity index (χ0n) is 11.7. The van der Waals surface area contributed by atoms with Gasteiger partial charge in [-0.1, -0.05) is 30.6 Å². The van der Waals surface area contributed by atoms with Crippen molar-refractivity contribution in [3.05, 3.63) is 35.7 Å². The highest BCUT2D eigenvalue weighted by molar-refractivity contribution is 5.55. The maximum Gasteiger partial charge on any atom is 0.416 e. The highest BCUT2D eigenvalue weighted by Crippen LogP contribution is 2.32. The summed E-state index contributed by atoms with van der Waals surface area (Å²) < 4.78 is 43.2. The van der Waals surface area contributed by atoms with Gasteiger partial charge in [0.2, 0.25) is 11.7 Å². The summed E-state index contributed by atoms with van der Waals surface area (Å²) in [4.78, 5) is 4.12. The Bertz CT molecular complexity index is 620. The van der Waals surface area contributed by atoms with Crippen molar-refractivity contribution in [1.29, 1.82) is 0 Å². The van der Waals surface area contributed by atoms with Gasteiger partial charge >= 0.3 is 6.18 Å². The number of nitrogens with zero attached hydrogens (tertiary/aromatic N) is 2. The molecule has 2 rings (SSSR count). The van der Waals surface area contributed by atoms with Gasteiger partial charge in [0.15, 0.2) is 0 Å². The van der Waals surface area contributed by atoms with Crippen molar-refractivity contribution in [3.63, 3.8) is 0 Å². The van der Waals surface area contributed by atoms with Crippen molar-refractivity contribution in [2.24, 2.45) is 5.73 Å². The Morgan fingerprint density at radius 2 is 2.00 bits per heavy atom. The predicted octanol–water partition coefficient (Wildman–Crippen LogP) is 3.73. The van der Waals surface area contributed by atoms with Gasteiger partial charge in [0.25, 0.3) is 0 Å². The average molecular weight is 299 g/mol. The Morgan fingerprint density at radius 3 is 2.62 bits per heavy atom. The van der Waals surface area contributed by atoms with Crippen LogP contribution in [0.15, 0.2) is 28.8 Å². The first-order chi connectivity index (χ1) is 9.74. The Morgan fingerprint density at radius 1 is 1.29 bits per heavy atom. The maximum absolute atomic E-state index is 12.7. The van der Waals surface area contributed by atoms with E-state index in [0.717, 1.165) is 18.6 Å². The van der Waals surface area contributed by atoms with Crippen LogP contribution in [0, 0.1) is 0 Å². The van der Waals surface area contributed by atoms with Gasteiger partial charge in [0, 0.05) is 5.56 Å². The van der Waals surface area contributed by atoms with E-state index in [4.69, 9.17) is 10.3 Å². The number of benzene rings is 1. The summed E-state index contributed by atoms with van der Waals surface area (Å²) in [6, 6.07) is 4.79. The summed E-state index contributed by atoms with van der Waals surface area (Å²) in [5, 5.41) is 3.72. The van der Waals surface area contributed by atoms with E-state index in [0.29, 0.717) is 6.42 Å².